The summed E-state index contributed by atoms with van der Waals surface area (Å²) >= 11 is 0. The molecule has 0 aromatic heterocycles. The maximum absolute atomic E-state index is 11.4. The van der Waals surface area contributed by atoms with Crippen LogP contribution in [0.1, 0.15) is 32.8 Å². The Balaban J connectivity index is 2.35. The highest BCUT2D eigenvalue weighted by atomic mass is 16.6. The molecule has 5 nitrogen and oxygen atoms in total. The molecule has 1 aromatic carbocycles. The molecule has 0 spiro atoms. The van der Waals surface area contributed by atoms with Crippen molar-refractivity contribution in [2.45, 2.75) is 51.5 Å². The lowest BCUT2D eigenvalue weighted by atomic mass is 10.1. The van der Waals surface area contributed by atoms with Gasteiger partial charge in [-0.2, -0.15) is 0 Å². The Labute approximate surface area is 119 Å². The molecule has 0 heterocycles. The standard InChI is InChI=1S/C15H23NO4/c1-15(2,3)20-14(19)16-13(18)12(17)10-9-11-7-5-4-6-8-11/h4-8,12-13,17-18H,9-10H2,1-3H3,(H,16,19)/t12-,13+/m1/s1. The number of aliphatic hydroxyl groups excluding tert-OH is 2. The molecule has 0 saturated heterocycles. The van der Waals surface area contributed by atoms with Crippen LogP contribution < -0.4 is 5.32 Å². The molecule has 0 radical (unpaired) electrons. The van der Waals surface area contributed by atoms with E-state index in [-0.39, 0.29) is 0 Å². The number of aryl methyl sites for hydroxylation is 1. The molecule has 1 amide bonds. The number of aliphatic hydroxyl groups is 2. The van der Waals surface area contributed by atoms with Crippen LogP contribution in [-0.2, 0) is 11.2 Å². The predicted octanol–water partition coefficient (Wildman–Crippen LogP) is 1.82. The van der Waals surface area contributed by atoms with Crippen molar-refractivity contribution in [2.75, 3.05) is 0 Å². The SMILES string of the molecule is CC(C)(C)OC(=O)N[C@@H](O)[C@H](O)CCc1ccccc1. The Morgan fingerprint density at radius 1 is 1.25 bits per heavy atom. The third-order valence-corrected chi connectivity index (χ3v) is 2.60. The second-order valence-electron chi connectivity index (χ2n) is 5.68. The minimum absolute atomic E-state index is 0.348. The monoisotopic (exact) mass is 281 g/mol. The molecule has 0 fully saturated rings. The van der Waals surface area contributed by atoms with Crippen molar-refractivity contribution in [3.8, 4) is 0 Å². The van der Waals surface area contributed by atoms with Gasteiger partial charge < -0.3 is 14.9 Å². The summed E-state index contributed by atoms with van der Waals surface area (Å²) in [7, 11) is 0. The number of amides is 1. The van der Waals surface area contributed by atoms with E-state index in [1.165, 1.54) is 0 Å². The van der Waals surface area contributed by atoms with Crippen molar-refractivity contribution in [1.82, 2.24) is 5.32 Å². The minimum atomic E-state index is -1.34. The van der Waals surface area contributed by atoms with Crippen LogP contribution in [0.2, 0.25) is 0 Å². The smallest absolute Gasteiger partial charge is 0.409 e. The summed E-state index contributed by atoms with van der Waals surface area (Å²) in [4.78, 5) is 11.4. The van der Waals surface area contributed by atoms with Gasteiger partial charge in [0, 0.05) is 0 Å². The maximum Gasteiger partial charge on any atom is 0.409 e. The van der Waals surface area contributed by atoms with E-state index in [0.29, 0.717) is 12.8 Å². The molecule has 3 N–H and O–H groups in total. The summed E-state index contributed by atoms with van der Waals surface area (Å²) in [6.07, 6.45) is -2.16. The van der Waals surface area contributed by atoms with Gasteiger partial charge in [0.05, 0.1) is 6.10 Å². The molecule has 0 aliphatic carbocycles. The van der Waals surface area contributed by atoms with Crippen LogP contribution in [0.5, 0.6) is 0 Å². The quantitative estimate of drug-likeness (QED) is 0.719. The first kappa shape index (κ1) is 16.5. The number of carbonyl (C=O) groups is 1. The van der Waals surface area contributed by atoms with Gasteiger partial charge in [-0.15, -0.1) is 0 Å². The summed E-state index contributed by atoms with van der Waals surface area (Å²) in [5, 5.41) is 21.7. The minimum Gasteiger partial charge on any atom is -0.444 e. The number of rotatable bonds is 5. The number of hydrogen-bond donors (Lipinski definition) is 3. The summed E-state index contributed by atoms with van der Waals surface area (Å²) in [5.74, 6) is 0. The van der Waals surface area contributed by atoms with Crippen molar-refractivity contribution in [2.24, 2.45) is 0 Å². The molecular weight excluding hydrogens is 258 g/mol. The van der Waals surface area contributed by atoms with E-state index >= 15 is 0 Å². The zero-order valence-electron chi connectivity index (χ0n) is 12.2. The van der Waals surface area contributed by atoms with Crippen molar-refractivity contribution < 1.29 is 19.7 Å². The lowest BCUT2D eigenvalue weighted by Gasteiger charge is -2.23. The average molecular weight is 281 g/mol. The first-order chi connectivity index (χ1) is 9.28. The van der Waals surface area contributed by atoms with Crippen LogP contribution in [0.4, 0.5) is 4.79 Å². The van der Waals surface area contributed by atoms with E-state index in [1.54, 1.807) is 20.8 Å². The van der Waals surface area contributed by atoms with E-state index in [1.807, 2.05) is 30.3 Å². The Morgan fingerprint density at radius 2 is 1.85 bits per heavy atom. The molecule has 112 valence electrons. The lowest BCUT2D eigenvalue weighted by Crippen LogP contribution is -2.45. The van der Waals surface area contributed by atoms with Crippen molar-refractivity contribution in [3.63, 3.8) is 0 Å². The van der Waals surface area contributed by atoms with Crippen LogP contribution in [-0.4, -0.2) is 34.2 Å². The maximum atomic E-state index is 11.4. The summed E-state index contributed by atoms with van der Waals surface area (Å²) in [6.45, 7) is 5.18. The third-order valence-electron chi connectivity index (χ3n) is 2.60. The van der Waals surface area contributed by atoms with Crippen LogP contribution >= 0.6 is 0 Å². The van der Waals surface area contributed by atoms with Crippen molar-refractivity contribution in [3.05, 3.63) is 35.9 Å². The van der Waals surface area contributed by atoms with Gasteiger partial charge in [-0.1, -0.05) is 30.3 Å². The fraction of sp³-hybridized carbons (Fsp3) is 0.533. The molecule has 0 unspecified atom stereocenters. The van der Waals surface area contributed by atoms with E-state index in [2.05, 4.69) is 5.32 Å². The molecular formula is C15H23NO4. The van der Waals surface area contributed by atoms with Crippen LogP contribution in [0, 0.1) is 0 Å². The zero-order chi connectivity index (χ0) is 15.2. The van der Waals surface area contributed by atoms with E-state index in [9.17, 15) is 15.0 Å². The van der Waals surface area contributed by atoms with Crippen molar-refractivity contribution in [1.29, 1.82) is 0 Å². The highest BCUT2D eigenvalue weighted by Gasteiger charge is 2.22. The number of ether oxygens (including phenoxy) is 1. The highest BCUT2D eigenvalue weighted by molar-refractivity contribution is 5.67. The fourth-order valence-electron chi connectivity index (χ4n) is 1.64. The predicted molar refractivity (Wildman–Crippen MR) is 76.1 cm³/mol. The Hall–Kier alpha value is -1.59. The second-order valence-corrected chi connectivity index (χ2v) is 5.68. The van der Waals surface area contributed by atoms with Gasteiger partial charge in [-0.3, -0.25) is 5.32 Å². The number of benzene rings is 1. The Morgan fingerprint density at radius 3 is 2.40 bits per heavy atom. The van der Waals surface area contributed by atoms with Gasteiger partial charge in [0.1, 0.15) is 5.60 Å². The lowest BCUT2D eigenvalue weighted by molar-refractivity contribution is -0.0172. The molecule has 0 aliphatic rings. The van der Waals surface area contributed by atoms with E-state index in [4.69, 9.17) is 4.74 Å². The van der Waals surface area contributed by atoms with Crippen LogP contribution in [0.25, 0.3) is 0 Å². The summed E-state index contributed by atoms with van der Waals surface area (Å²) < 4.78 is 5.00. The van der Waals surface area contributed by atoms with Crippen LogP contribution in [0.15, 0.2) is 30.3 Å². The number of hydrogen-bond acceptors (Lipinski definition) is 4. The van der Waals surface area contributed by atoms with Gasteiger partial charge in [-0.05, 0) is 39.2 Å². The summed E-state index contributed by atoms with van der Waals surface area (Å²) in [6, 6.07) is 9.63. The summed E-state index contributed by atoms with van der Waals surface area (Å²) in [5.41, 5.74) is 0.426. The first-order valence-corrected chi connectivity index (χ1v) is 6.67. The number of nitrogens with one attached hydrogen (secondary N) is 1. The molecule has 20 heavy (non-hydrogen) atoms. The molecule has 2 atom stereocenters. The molecule has 1 aromatic rings. The first-order valence-electron chi connectivity index (χ1n) is 6.67. The van der Waals surface area contributed by atoms with E-state index < -0.39 is 24.0 Å². The Kier molecular flexibility index (Phi) is 5.98. The van der Waals surface area contributed by atoms with Gasteiger partial charge in [-0.25, -0.2) is 4.79 Å². The second kappa shape index (κ2) is 7.26. The Bertz CT molecular complexity index is 414. The van der Waals surface area contributed by atoms with Crippen molar-refractivity contribution >= 4 is 6.09 Å². The fourth-order valence-corrected chi connectivity index (χ4v) is 1.64. The molecule has 1 rings (SSSR count). The zero-order valence-corrected chi connectivity index (χ0v) is 12.2. The molecule has 0 bridgehead atoms. The van der Waals surface area contributed by atoms with E-state index in [0.717, 1.165) is 5.56 Å². The number of alkyl carbamates (subject to hydrolysis) is 1. The van der Waals surface area contributed by atoms with Gasteiger partial charge in [0.15, 0.2) is 6.23 Å². The third kappa shape index (κ3) is 6.54. The number of carbonyl (C=O) groups excluding carboxylic acids is 1. The molecule has 0 saturated carbocycles. The topological polar surface area (TPSA) is 78.8 Å². The van der Waals surface area contributed by atoms with Gasteiger partial charge in [0.2, 0.25) is 0 Å². The molecule has 5 heteroatoms. The normalized spacial score (nSPS) is 14.4. The highest BCUT2D eigenvalue weighted by Crippen LogP contribution is 2.09. The average Bonchev–Trinajstić information content (AvgIpc) is 2.34. The van der Waals surface area contributed by atoms with Gasteiger partial charge >= 0.3 is 6.09 Å². The van der Waals surface area contributed by atoms with Crippen LogP contribution in [0.3, 0.4) is 0 Å². The van der Waals surface area contributed by atoms with Gasteiger partial charge in [0.25, 0.3) is 0 Å². The largest absolute Gasteiger partial charge is 0.444 e. The molecule has 0 aliphatic heterocycles.